The summed E-state index contributed by atoms with van der Waals surface area (Å²) in [7, 11) is -4.04. The molecule has 7 heteroatoms. The van der Waals surface area contributed by atoms with Gasteiger partial charge >= 0.3 is 0 Å². The van der Waals surface area contributed by atoms with Crippen molar-refractivity contribution in [2.75, 3.05) is 10.0 Å². The Morgan fingerprint density at radius 3 is 2.33 bits per heavy atom. The van der Waals surface area contributed by atoms with Crippen LogP contribution in [-0.4, -0.2) is 14.3 Å². The van der Waals surface area contributed by atoms with Gasteiger partial charge in [0.05, 0.1) is 10.6 Å². The molecule has 0 aliphatic carbocycles. The first kappa shape index (κ1) is 18.6. The number of carbonyl (C=O) groups excluding carboxylic acids is 1. The summed E-state index contributed by atoms with van der Waals surface area (Å²) in [5.41, 5.74) is 1.67. The highest BCUT2D eigenvalue weighted by Crippen LogP contribution is 2.20. The number of para-hydroxylation sites is 1. The molecule has 0 unspecified atom stereocenters. The van der Waals surface area contributed by atoms with Gasteiger partial charge in [0.15, 0.2) is 0 Å². The fraction of sp³-hybridized carbons (Fsp3) is 0.0500. The van der Waals surface area contributed by atoms with E-state index in [1.54, 1.807) is 12.1 Å². The fourth-order valence-electron chi connectivity index (χ4n) is 2.39. The molecule has 0 saturated carbocycles. The van der Waals surface area contributed by atoms with Gasteiger partial charge in [-0.25, -0.2) is 12.8 Å². The summed E-state index contributed by atoms with van der Waals surface area (Å²) in [6.45, 7) is 1.93. The average molecular weight is 384 g/mol. The fourth-order valence-corrected chi connectivity index (χ4v) is 3.51. The average Bonchev–Trinajstić information content (AvgIpc) is 2.65. The molecule has 3 rings (SSSR count). The minimum absolute atomic E-state index is 0.137. The quantitative estimate of drug-likeness (QED) is 0.693. The third kappa shape index (κ3) is 4.51. The van der Waals surface area contributed by atoms with Crippen molar-refractivity contribution in [3.05, 3.63) is 89.7 Å². The zero-order valence-electron chi connectivity index (χ0n) is 14.4. The van der Waals surface area contributed by atoms with Gasteiger partial charge in [-0.3, -0.25) is 9.52 Å². The molecule has 0 heterocycles. The molecule has 1 amide bonds. The van der Waals surface area contributed by atoms with E-state index in [2.05, 4.69) is 10.0 Å². The second kappa shape index (κ2) is 7.59. The number of halogens is 1. The summed E-state index contributed by atoms with van der Waals surface area (Å²) in [5.74, 6) is -1.13. The number of nitrogens with one attached hydrogen (secondary N) is 2. The van der Waals surface area contributed by atoms with Crippen LogP contribution in [0, 0.1) is 12.7 Å². The Kier molecular flexibility index (Phi) is 5.23. The zero-order chi connectivity index (χ0) is 19.4. The lowest BCUT2D eigenvalue weighted by atomic mass is 10.2. The molecule has 0 atom stereocenters. The summed E-state index contributed by atoms with van der Waals surface area (Å²) in [6, 6.07) is 18.2. The van der Waals surface area contributed by atoms with E-state index < -0.39 is 21.7 Å². The van der Waals surface area contributed by atoms with Crippen LogP contribution < -0.4 is 10.0 Å². The van der Waals surface area contributed by atoms with Gasteiger partial charge in [-0.2, -0.15) is 0 Å². The molecule has 0 aromatic heterocycles. The third-order valence-corrected chi connectivity index (χ3v) is 5.20. The van der Waals surface area contributed by atoms with E-state index in [0.717, 1.165) is 11.6 Å². The molecule has 2 N–H and O–H groups in total. The maximum atomic E-state index is 13.7. The van der Waals surface area contributed by atoms with Crippen LogP contribution in [0.5, 0.6) is 0 Å². The number of benzene rings is 3. The monoisotopic (exact) mass is 384 g/mol. The number of aryl methyl sites for hydroxylation is 1. The minimum Gasteiger partial charge on any atom is -0.322 e. The van der Waals surface area contributed by atoms with E-state index >= 15 is 0 Å². The van der Waals surface area contributed by atoms with Gasteiger partial charge in [0.1, 0.15) is 5.82 Å². The first-order valence-electron chi connectivity index (χ1n) is 8.10. The number of anilines is 2. The molecule has 0 fully saturated rings. The van der Waals surface area contributed by atoms with Gasteiger partial charge in [0.25, 0.3) is 15.9 Å². The second-order valence-corrected chi connectivity index (χ2v) is 7.62. The largest absolute Gasteiger partial charge is 0.322 e. The molecule has 0 aliphatic rings. The number of amides is 1. The highest BCUT2D eigenvalue weighted by Gasteiger charge is 2.18. The predicted octanol–water partition coefficient (Wildman–Crippen LogP) is 4.19. The van der Waals surface area contributed by atoms with Gasteiger partial charge < -0.3 is 5.32 Å². The van der Waals surface area contributed by atoms with E-state index in [0.29, 0.717) is 5.69 Å². The Bertz CT molecular complexity index is 1080. The highest BCUT2D eigenvalue weighted by atomic mass is 32.2. The first-order valence-corrected chi connectivity index (χ1v) is 9.59. The highest BCUT2D eigenvalue weighted by molar-refractivity contribution is 7.92. The maximum Gasteiger partial charge on any atom is 0.262 e. The molecule has 138 valence electrons. The van der Waals surface area contributed by atoms with E-state index in [1.807, 2.05) is 19.1 Å². The van der Waals surface area contributed by atoms with Crippen molar-refractivity contribution >= 4 is 27.3 Å². The first-order chi connectivity index (χ1) is 12.8. The Hall–Kier alpha value is -3.19. The smallest absolute Gasteiger partial charge is 0.262 e. The summed E-state index contributed by atoms with van der Waals surface area (Å²) < 4.78 is 40.9. The van der Waals surface area contributed by atoms with Crippen LogP contribution in [0.1, 0.15) is 15.9 Å². The molecule has 0 radical (unpaired) electrons. The second-order valence-electron chi connectivity index (χ2n) is 5.93. The van der Waals surface area contributed by atoms with Crippen molar-refractivity contribution < 1.29 is 17.6 Å². The van der Waals surface area contributed by atoms with Crippen molar-refractivity contribution in [3.63, 3.8) is 0 Å². The number of sulfonamides is 1. The Morgan fingerprint density at radius 2 is 1.63 bits per heavy atom. The summed E-state index contributed by atoms with van der Waals surface area (Å²) >= 11 is 0. The van der Waals surface area contributed by atoms with Crippen LogP contribution in [0.25, 0.3) is 0 Å². The molecule has 0 spiro atoms. The molecule has 5 nitrogen and oxygen atoms in total. The molecule has 0 bridgehead atoms. The number of hydrogen-bond acceptors (Lipinski definition) is 3. The van der Waals surface area contributed by atoms with Crippen molar-refractivity contribution in [1.29, 1.82) is 0 Å². The minimum atomic E-state index is -4.04. The summed E-state index contributed by atoms with van der Waals surface area (Å²) in [6.07, 6.45) is 0. The molecular formula is C20H17FN2O3S. The van der Waals surface area contributed by atoms with Crippen LogP contribution in [-0.2, 0) is 10.0 Å². The number of carbonyl (C=O) groups is 1. The molecule has 3 aromatic rings. The zero-order valence-corrected chi connectivity index (χ0v) is 15.3. The standard InChI is InChI=1S/C20H17FN2O3S/c1-14-9-11-16(12-10-14)22-20(24)15-5-4-6-17(13-15)27(25,26)23-19-8-3-2-7-18(19)21/h2-13,23H,1H3,(H,22,24). The van der Waals surface area contributed by atoms with Gasteiger partial charge in [-0.05, 0) is 49.4 Å². The van der Waals surface area contributed by atoms with E-state index in [9.17, 15) is 17.6 Å². The molecule has 27 heavy (non-hydrogen) atoms. The van der Waals surface area contributed by atoms with Crippen LogP contribution in [0.15, 0.2) is 77.7 Å². The van der Waals surface area contributed by atoms with Crippen molar-refractivity contribution in [3.8, 4) is 0 Å². The van der Waals surface area contributed by atoms with Gasteiger partial charge in [-0.1, -0.05) is 35.9 Å². The van der Waals surface area contributed by atoms with Crippen LogP contribution in [0.3, 0.4) is 0 Å². The van der Waals surface area contributed by atoms with E-state index in [1.165, 1.54) is 42.5 Å². The van der Waals surface area contributed by atoms with Gasteiger partial charge in [0, 0.05) is 11.3 Å². The lowest BCUT2D eigenvalue weighted by Crippen LogP contribution is -2.16. The molecule has 0 saturated heterocycles. The SMILES string of the molecule is Cc1ccc(NC(=O)c2cccc(S(=O)(=O)Nc3ccccc3F)c2)cc1. The number of hydrogen-bond donors (Lipinski definition) is 2. The maximum absolute atomic E-state index is 13.7. The van der Waals surface area contributed by atoms with E-state index in [-0.39, 0.29) is 16.1 Å². The Labute approximate surface area is 156 Å². The van der Waals surface area contributed by atoms with Crippen LogP contribution in [0.4, 0.5) is 15.8 Å². The number of rotatable bonds is 5. The normalized spacial score (nSPS) is 11.0. The summed E-state index contributed by atoms with van der Waals surface area (Å²) in [4.78, 5) is 12.3. The molecular weight excluding hydrogens is 367 g/mol. The summed E-state index contributed by atoms with van der Waals surface area (Å²) in [5, 5.41) is 2.71. The van der Waals surface area contributed by atoms with Gasteiger partial charge in [0.2, 0.25) is 0 Å². The topological polar surface area (TPSA) is 75.3 Å². The van der Waals surface area contributed by atoms with Gasteiger partial charge in [-0.15, -0.1) is 0 Å². The Balaban J connectivity index is 1.83. The predicted molar refractivity (Wildman–Crippen MR) is 103 cm³/mol. The van der Waals surface area contributed by atoms with Crippen LogP contribution >= 0.6 is 0 Å². The Morgan fingerprint density at radius 1 is 0.926 bits per heavy atom. The molecule has 0 aliphatic heterocycles. The third-order valence-electron chi connectivity index (χ3n) is 3.83. The lowest BCUT2D eigenvalue weighted by molar-refractivity contribution is 0.102. The van der Waals surface area contributed by atoms with E-state index in [4.69, 9.17) is 0 Å². The van der Waals surface area contributed by atoms with Crippen molar-refractivity contribution in [2.24, 2.45) is 0 Å². The lowest BCUT2D eigenvalue weighted by Gasteiger charge is -2.10. The van der Waals surface area contributed by atoms with Crippen molar-refractivity contribution in [2.45, 2.75) is 11.8 Å². The van der Waals surface area contributed by atoms with Crippen molar-refractivity contribution in [1.82, 2.24) is 0 Å². The molecule has 3 aromatic carbocycles. The van der Waals surface area contributed by atoms with Crippen LogP contribution in [0.2, 0.25) is 0 Å².